The van der Waals surface area contributed by atoms with Crippen LogP contribution in [0, 0.1) is 0 Å². The Kier molecular flexibility index (Phi) is 9.87. The molecule has 4 rings (SSSR count). The molecular weight excluding hydrogens is 474 g/mol. The zero-order valence-electron chi connectivity index (χ0n) is 17.6. The molecule has 0 aromatic heterocycles. The first-order chi connectivity index (χ1) is 12.5. The minimum absolute atomic E-state index is 0. The third kappa shape index (κ3) is 5.25. The second kappa shape index (κ2) is 10.9. The van der Waals surface area contributed by atoms with Crippen molar-refractivity contribution in [3.05, 3.63) is 82.9 Å². The Labute approximate surface area is 206 Å². The van der Waals surface area contributed by atoms with E-state index in [2.05, 4.69) is 88.4 Å². The number of halogens is 2. The fourth-order valence-corrected chi connectivity index (χ4v) is 4.29. The summed E-state index contributed by atoms with van der Waals surface area (Å²) in [6.07, 6.45) is 2.22. The van der Waals surface area contributed by atoms with E-state index in [0.29, 0.717) is 11.8 Å². The van der Waals surface area contributed by atoms with E-state index in [4.69, 9.17) is 0 Å². The summed E-state index contributed by atoms with van der Waals surface area (Å²) in [5.74, 6) is 1.14. The molecule has 150 valence electrons. The molecule has 0 bridgehead atoms. The van der Waals surface area contributed by atoms with Crippen LogP contribution in [0.2, 0.25) is 0 Å². The number of benzene rings is 2. The smallest absolute Gasteiger partial charge is 1.00 e. The van der Waals surface area contributed by atoms with E-state index in [9.17, 15) is 0 Å². The van der Waals surface area contributed by atoms with E-state index in [-0.39, 0.29) is 51.0 Å². The van der Waals surface area contributed by atoms with Crippen molar-refractivity contribution in [2.45, 2.75) is 52.4 Å². The van der Waals surface area contributed by atoms with Crippen LogP contribution in [0.4, 0.5) is 0 Å². The predicted molar refractivity (Wildman–Crippen MR) is 115 cm³/mol. The molecule has 0 aliphatic carbocycles. The van der Waals surface area contributed by atoms with Crippen LogP contribution in [0.5, 0.6) is 0 Å². The third-order valence-electron chi connectivity index (χ3n) is 5.71. The van der Waals surface area contributed by atoms with Gasteiger partial charge in [-0.3, -0.25) is 0 Å². The van der Waals surface area contributed by atoms with Crippen LogP contribution in [0.1, 0.15) is 61.8 Å². The van der Waals surface area contributed by atoms with Crippen molar-refractivity contribution in [2.24, 2.45) is 0 Å². The summed E-state index contributed by atoms with van der Waals surface area (Å²) >= 11 is 0. The Bertz CT molecular complexity index is 1050. The number of fused-ring (bicyclic) bond motifs is 2. The Balaban J connectivity index is 0.00000140. The van der Waals surface area contributed by atoms with Gasteiger partial charge in [0.15, 0.2) is 0 Å². The Morgan fingerprint density at radius 2 is 1.45 bits per heavy atom. The van der Waals surface area contributed by atoms with Gasteiger partial charge in [0.2, 0.25) is 0 Å². The van der Waals surface area contributed by atoms with Gasteiger partial charge in [0, 0.05) is 0 Å². The maximum atomic E-state index is 2.41. The Hall–Kier alpha value is -0.877. The summed E-state index contributed by atoms with van der Waals surface area (Å²) < 4.78 is 0. The maximum absolute atomic E-state index is 2.41. The van der Waals surface area contributed by atoms with Crippen LogP contribution in [-0.2, 0) is 39.0 Å². The van der Waals surface area contributed by atoms with E-state index < -0.39 is 0 Å². The van der Waals surface area contributed by atoms with Crippen LogP contribution < -0.4 is 24.8 Å². The van der Waals surface area contributed by atoms with Crippen molar-refractivity contribution < 1.29 is 51.0 Å². The molecule has 4 aromatic carbocycles. The van der Waals surface area contributed by atoms with Crippen molar-refractivity contribution in [1.82, 2.24) is 0 Å². The first-order valence-electron chi connectivity index (χ1n) is 9.90. The zero-order valence-corrected chi connectivity index (χ0v) is 21.6. The van der Waals surface area contributed by atoms with E-state index in [0.717, 1.165) is 12.8 Å². The van der Waals surface area contributed by atoms with Crippen LogP contribution in [0.25, 0.3) is 21.5 Å². The van der Waals surface area contributed by atoms with Gasteiger partial charge in [0.05, 0.1) is 0 Å². The molecule has 0 atom stereocenters. The van der Waals surface area contributed by atoms with Crippen molar-refractivity contribution in [2.75, 3.05) is 0 Å². The summed E-state index contributed by atoms with van der Waals surface area (Å²) in [5, 5.41) is 5.70. The van der Waals surface area contributed by atoms with E-state index in [1.54, 1.807) is 0 Å². The van der Waals surface area contributed by atoms with Gasteiger partial charge in [-0.05, 0) is 18.3 Å². The quantitative estimate of drug-likeness (QED) is 0.363. The second-order valence-corrected chi connectivity index (χ2v) is 8.19. The molecule has 0 saturated heterocycles. The molecule has 0 radical (unpaired) electrons. The molecule has 0 nitrogen and oxygen atoms in total. The largest absolute Gasteiger partial charge is 4.00 e. The van der Waals surface area contributed by atoms with Crippen molar-refractivity contribution in [3.63, 3.8) is 0 Å². The van der Waals surface area contributed by atoms with Crippen molar-refractivity contribution in [3.8, 4) is 0 Å². The minimum atomic E-state index is 0. The SMILES string of the molecule is CC(C)c1cccc2[cH-]c(CC[c-]3ccc4c(C(C)C)cccc43)cc12.[Cl-].[Cl-].[Zr+4]. The van der Waals surface area contributed by atoms with Gasteiger partial charge in [0.1, 0.15) is 0 Å². The number of hydrogen-bond acceptors (Lipinski definition) is 0. The van der Waals surface area contributed by atoms with Gasteiger partial charge in [-0.2, -0.15) is 12.1 Å². The molecule has 0 saturated carbocycles. The molecule has 29 heavy (non-hydrogen) atoms. The summed E-state index contributed by atoms with van der Waals surface area (Å²) in [7, 11) is 0. The zero-order chi connectivity index (χ0) is 18.3. The van der Waals surface area contributed by atoms with Gasteiger partial charge in [0.25, 0.3) is 0 Å². The van der Waals surface area contributed by atoms with Crippen LogP contribution in [-0.4, -0.2) is 0 Å². The summed E-state index contributed by atoms with van der Waals surface area (Å²) in [4.78, 5) is 0. The average Bonchev–Trinajstić information content (AvgIpc) is 3.22. The van der Waals surface area contributed by atoms with Crippen LogP contribution in [0.3, 0.4) is 0 Å². The Morgan fingerprint density at radius 3 is 2.10 bits per heavy atom. The number of hydrogen-bond donors (Lipinski definition) is 0. The Morgan fingerprint density at radius 1 is 0.828 bits per heavy atom. The first-order valence-corrected chi connectivity index (χ1v) is 9.90. The fraction of sp³-hybridized carbons (Fsp3) is 0.308. The average molecular weight is 503 g/mol. The van der Waals surface area contributed by atoms with E-state index in [1.165, 1.54) is 43.8 Å². The number of rotatable bonds is 5. The van der Waals surface area contributed by atoms with Gasteiger partial charge in [-0.25, -0.2) is 0 Å². The molecule has 0 unspecified atom stereocenters. The maximum Gasteiger partial charge on any atom is 4.00 e. The van der Waals surface area contributed by atoms with Crippen LogP contribution in [0.15, 0.2) is 60.7 Å². The molecule has 0 heterocycles. The standard InChI is InChI=1S/C26H28.2ClH.Zr/c1-17(2)22-9-6-10-24-20(13-14-25(22)24)12-11-19-15-21-7-5-8-23(18(3)4)26(21)16-19;;;/h5-10,13-18H,11-12H2,1-4H3;2*1H;/q-2;;;+4/p-2. The van der Waals surface area contributed by atoms with Crippen molar-refractivity contribution in [1.29, 1.82) is 0 Å². The third-order valence-corrected chi connectivity index (χ3v) is 5.71. The minimum Gasteiger partial charge on any atom is -1.00 e. The predicted octanol–water partition coefficient (Wildman–Crippen LogP) is 1.47. The molecule has 0 spiro atoms. The van der Waals surface area contributed by atoms with E-state index in [1.807, 2.05) is 0 Å². The molecule has 0 N–H and O–H groups in total. The van der Waals surface area contributed by atoms with Gasteiger partial charge < -0.3 is 24.8 Å². The number of aryl methyl sites for hydroxylation is 2. The van der Waals surface area contributed by atoms with Crippen LogP contribution >= 0.6 is 0 Å². The molecular formula is C26H28Cl2Zr. The van der Waals surface area contributed by atoms with Crippen molar-refractivity contribution >= 4 is 21.5 Å². The molecule has 0 aliphatic rings. The molecule has 0 aliphatic heterocycles. The second-order valence-electron chi connectivity index (χ2n) is 8.19. The summed E-state index contributed by atoms with van der Waals surface area (Å²) in [6.45, 7) is 9.13. The molecule has 4 aromatic rings. The first kappa shape index (κ1) is 26.2. The van der Waals surface area contributed by atoms with Gasteiger partial charge >= 0.3 is 26.2 Å². The summed E-state index contributed by atoms with van der Waals surface area (Å²) in [5.41, 5.74) is 5.88. The molecule has 0 amide bonds. The van der Waals surface area contributed by atoms with E-state index >= 15 is 0 Å². The fourth-order valence-electron chi connectivity index (χ4n) is 4.29. The monoisotopic (exact) mass is 500 g/mol. The topological polar surface area (TPSA) is 0 Å². The molecule has 3 heteroatoms. The molecule has 0 fully saturated rings. The normalized spacial score (nSPS) is 10.8. The summed E-state index contributed by atoms with van der Waals surface area (Å²) in [6, 6.07) is 22.9. The van der Waals surface area contributed by atoms with Gasteiger partial charge in [-0.15, -0.1) is 69.1 Å². The van der Waals surface area contributed by atoms with Gasteiger partial charge in [-0.1, -0.05) is 57.4 Å².